The molecule has 0 spiro atoms. The van der Waals surface area contributed by atoms with E-state index in [0.717, 1.165) is 23.5 Å². The van der Waals surface area contributed by atoms with Gasteiger partial charge in [-0.3, -0.25) is 10.1 Å². The van der Waals surface area contributed by atoms with E-state index in [1.807, 2.05) is 26.0 Å². The third-order valence-corrected chi connectivity index (χ3v) is 4.03. The molecule has 1 amide bonds. The van der Waals surface area contributed by atoms with Crippen LogP contribution >= 0.6 is 0 Å². The van der Waals surface area contributed by atoms with Crippen LogP contribution in [0.3, 0.4) is 0 Å². The molecule has 2 aromatic rings. The second-order valence-electron chi connectivity index (χ2n) is 6.96. The Labute approximate surface area is 163 Å². The smallest absolute Gasteiger partial charge is 0.349 e. The van der Waals surface area contributed by atoms with Crippen molar-refractivity contribution in [3.63, 3.8) is 0 Å². The molecule has 0 aliphatic heterocycles. The number of esters is 1. The highest BCUT2D eigenvalue weighted by molar-refractivity contribution is 6.00. The van der Waals surface area contributed by atoms with Crippen molar-refractivity contribution in [3.05, 3.63) is 40.4 Å². The van der Waals surface area contributed by atoms with Crippen molar-refractivity contribution in [1.82, 2.24) is 9.72 Å². The standard InChI is InChI=1S/C20H24N4O4/c1-12(2)10-24-14(4)7-16(15(24)5)8-17(9-21)20(26)27-11-18(25)22-19-6-13(3)23-28-19/h6-8,12H,10-11H2,1-5H3,(H,22,25)/b17-8+. The minimum atomic E-state index is -0.861. The maximum absolute atomic E-state index is 12.2. The minimum absolute atomic E-state index is 0.159. The molecule has 0 saturated carbocycles. The largest absolute Gasteiger partial charge is 0.451 e. The molecule has 8 heteroatoms. The predicted molar refractivity (Wildman–Crippen MR) is 103 cm³/mol. The van der Waals surface area contributed by atoms with Gasteiger partial charge in [0.25, 0.3) is 5.91 Å². The summed E-state index contributed by atoms with van der Waals surface area (Å²) in [5.74, 6) is -0.821. The van der Waals surface area contributed by atoms with Gasteiger partial charge in [0, 0.05) is 24.0 Å². The van der Waals surface area contributed by atoms with Crippen molar-refractivity contribution in [2.24, 2.45) is 5.92 Å². The molecule has 0 unspecified atom stereocenters. The number of anilines is 1. The monoisotopic (exact) mass is 384 g/mol. The number of nitriles is 1. The summed E-state index contributed by atoms with van der Waals surface area (Å²) in [5, 5.41) is 15.4. The number of nitrogens with one attached hydrogen (secondary N) is 1. The highest BCUT2D eigenvalue weighted by Gasteiger charge is 2.16. The number of hydrogen-bond acceptors (Lipinski definition) is 6. The molecule has 28 heavy (non-hydrogen) atoms. The van der Waals surface area contributed by atoms with Gasteiger partial charge in [-0.15, -0.1) is 0 Å². The van der Waals surface area contributed by atoms with E-state index in [0.29, 0.717) is 11.6 Å². The van der Waals surface area contributed by atoms with Crippen molar-refractivity contribution in [1.29, 1.82) is 5.26 Å². The van der Waals surface area contributed by atoms with Crippen molar-refractivity contribution in [2.45, 2.75) is 41.2 Å². The SMILES string of the molecule is Cc1cc(NC(=O)COC(=O)/C(C#N)=C/c2cc(C)n(CC(C)C)c2C)on1. The van der Waals surface area contributed by atoms with Crippen LogP contribution < -0.4 is 5.32 Å². The molecule has 2 aromatic heterocycles. The van der Waals surface area contributed by atoms with E-state index >= 15 is 0 Å². The lowest BCUT2D eigenvalue weighted by molar-refractivity contribution is -0.142. The summed E-state index contributed by atoms with van der Waals surface area (Å²) in [5.41, 5.74) is 3.22. The zero-order chi connectivity index (χ0) is 20.8. The van der Waals surface area contributed by atoms with Crippen molar-refractivity contribution in [2.75, 3.05) is 11.9 Å². The van der Waals surface area contributed by atoms with Gasteiger partial charge in [-0.05, 0) is 44.4 Å². The third-order valence-electron chi connectivity index (χ3n) is 4.03. The summed E-state index contributed by atoms with van der Waals surface area (Å²) in [7, 11) is 0. The highest BCUT2D eigenvalue weighted by atomic mass is 16.5. The first-order valence-electron chi connectivity index (χ1n) is 8.90. The number of rotatable bonds is 7. The topological polar surface area (TPSA) is 110 Å². The van der Waals surface area contributed by atoms with Crippen LogP contribution in [0, 0.1) is 38.0 Å². The van der Waals surface area contributed by atoms with Crippen molar-refractivity contribution >= 4 is 23.8 Å². The van der Waals surface area contributed by atoms with Crippen LogP contribution in [-0.2, 0) is 20.9 Å². The molecule has 8 nitrogen and oxygen atoms in total. The lowest BCUT2D eigenvalue weighted by Gasteiger charge is -2.12. The Bertz CT molecular complexity index is 944. The van der Waals surface area contributed by atoms with E-state index in [1.165, 1.54) is 12.1 Å². The quantitative estimate of drug-likeness (QED) is 0.446. The second-order valence-corrected chi connectivity index (χ2v) is 6.96. The van der Waals surface area contributed by atoms with Crippen LogP contribution in [0.5, 0.6) is 0 Å². The maximum atomic E-state index is 12.2. The summed E-state index contributed by atoms with van der Waals surface area (Å²) in [6, 6.07) is 5.29. The lowest BCUT2D eigenvalue weighted by Crippen LogP contribution is -2.21. The van der Waals surface area contributed by atoms with Gasteiger partial charge in [0.1, 0.15) is 11.6 Å². The number of hydrogen-bond donors (Lipinski definition) is 1. The van der Waals surface area contributed by atoms with E-state index in [-0.39, 0.29) is 11.5 Å². The first kappa shape index (κ1) is 21.0. The molecule has 0 fully saturated rings. The predicted octanol–water partition coefficient (Wildman–Crippen LogP) is 3.15. The number of nitrogens with zero attached hydrogens (tertiary/aromatic N) is 3. The molecular formula is C20H24N4O4. The molecule has 0 bridgehead atoms. The van der Waals surface area contributed by atoms with Gasteiger partial charge in [-0.2, -0.15) is 5.26 Å². The third kappa shape index (κ3) is 5.33. The minimum Gasteiger partial charge on any atom is -0.451 e. The zero-order valence-corrected chi connectivity index (χ0v) is 16.7. The second kappa shape index (κ2) is 9.04. The van der Waals surface area contributed by atoms with Crippen LogP contribution in [-0.4, -0.2) is 28.2 Å². The van der Waals surface area contributed by atoms with Crippen LogP contribution in [0.25, 0.3) is 6.08 Å². The van der Waals surface area contributed by atoms with Gasteiger partial charge in [0.15, 0.2) is 6.61 Å². The molecule has 1 N–H and O–H groups in total. The summed E-state index contributed by atoms with van der Waals surface area (Å²) in [6.45, 7) is 10.2. The molecule has 2 heterocycles. The molecule has 0 aliphatic rings. The molecule has 0 saturated heterocycles. The van der Waals surface area contributed by atoms with E-state index in [9.17, 15) is 14.9 Å². The number of aryl methyl sites for hydroxylation is 2. The van der Waals surface area contributed by atoms with Gasteiger partial charge in [-0.1, -0.05) is 19.0 Å². The van der Waals surface area contributed by atoms with Gasteiger partial charge >= 0.3 is 5.97 Å². The Kier molecular flexibility index (Phi) is 6.77. The molecular weight excluding hydrogens is 360 g/mol. The van der Waals surface area contributed by atoms with Gasteiger partial charge < -0.3 is 13.8 Å². The van der Waals surface area contributed by atoms with Gasteiger partial charge in [0.2, 0.25) is 5.88 Å². The van der Waals surface area contributed by atoms with E-state index in [4.69, 9.17) is 9.26 Å². The normalized spacial score (nSPS) is 11.4. The first-order chi connectivity index (χ1) is 13.2. The fourth-order valence-electron chi connectivity index (χ4n) is 2.72. The first-order valence-corrected chi connectivity index (χ1v) is 8.90. The number of ether oxygens (including phenoxy) is 1. The van der Waals surface area contributed by atoms with E-state index in [1.54, 1.807) is 6.92 Å². The fraction of sp³-hybridized carbons (Fsp3) is 0.400. The Morgan fingerprint density at radius 2 is 2.07 bits per heavy atom. The van der Waals surface area contributed by atoms with E-state index < -0.39 is 18.5 Å². The molecule has 148 valence electrons. The molecule has 0 aromatic carbocycles. The van der Waals surface area contributed by atoms with Crippen molar-refractivity contribution < 1.29 is 18.8 Å². The average molecular weight is 384 g/mol. The fourth-order valence-corrected chi connectivity index (χ4v) is 2.72. The summed E-state index contributed by atoms with van der Waals surface area (Å²) in [6.07, 6.45) is 1.49. The van der Waals surface area contributed by atoms with Crippen molar-refractivity contribution in [3.8, 4) is 6.07 Å². The lowest BCUT2D eigenvalue weighted by atomic mass is 10.1. The molecule has 0 atom stereocenters. The maximum Gasteiger partial charge on any atom is 0.349 e. The molecule has 0 radical (unpaired) electrons. The Morgan fingerprint density at radius 1 is 1.36 bits per heavy atom. The number of amides is 1. The summed E-state index contributed by atoms with van der Waals surface area (Å²) < 4.78 is 11.9. The molecule has 2 rings (SSSR count). The Balaban J connectivity index is 2.05. The number of aromatic nitrogens is 2. The number of carbonyl (C=O) groups excluding carboxylic acids is 2. The Morgan fingerprint density at radius 3 is 2.64 bits per heavy atom. The van der Waals surface area contributed by atoms with Crippen LogP contribution in [0.1, 0.15) is 36.5 Å². The van der Waals surface area contributed by atoms with E-state index in [2.05, 4.69) is 28.9 Å². The van der Waals surface area contributed by atoms with Crippen LogP contribution in [0.4, 0.5) is 5.88 Å². The highest BCUT2D eigenvalue weighted by Crippen LogP contribution is 2.20. The summed E-state index contributed by atoms with van der Waals surface area (Å²) >= 11 is 0. The average Bonchev–Trinajstić information content (AvgIpc) is 3.14. The van der Waals surface area contributed by atoms with Crippen LogP contribution in [0.2, 0.25) is 0 Å². The van der Waals surface area contributed by atoms with Gasteiger partial charge in [0.05, 0.1) is 5.69 Å². The molecule has 0 aliphatic carbocycles. The zero-order valence-electron chi connectivity index (χ0n) is 16.7. The summed E-state index contributed by atoms with van der Waals surface area (Å²) in [4.78, 5) is 24.0. The number of carbonyl (C=O) groups is 2. The van der Waals surface area contributed by atoms with Crippen LogP contribution in [0.15, 0.2) is 22.2 Å². The Hall–Kier alpha value is -3.34. The van der Waals surface area contributed by atoms with Gasteiger partial charge in [-0.25, -0.2) is 4.79 Å².